The van der Waals surface area contributed by atoms with E-state index in [1.54, 1.807) is 22.2 Å². The van der Waals surface area contributed by atoms with Crippen LogP contribution in [-0.4, -0.2) is 93.1 Å². The van der Waals surface area contributed by atoms with Gasteiger partial charge in [-0.1, -0.05) is 86.6 Å². The number of hydrogen-bond acceptors (Lipinski definition) is 9. The number of carbonyl (C=O) groups is 4. The predicted molar refractivity (Wildman–Crippen MR) is 226 cm³/mol. The number of nitrogens with two attached hydrogens (primary N) is 1. The zero-order valence-corrected chi connectivity index (χ0v) is 34.4. The number of hydrogen-bond donors (Lipinski definition) is 5. The van der Waals surface area contributed by atoms with Crippen LogP contribution in [0.3, 0.4) is 0 Å². The second-order valence-corrected chi connectivity index (χ2v) is 15.7. The van der Waals surface area contributed by atoms with Crippen molar-refractivity contribution in [3.8, 4) is 33.6 Å². The van der Waals surface area contributed by atoms with Gasteiger partial charge in [0.25, 0.3) is 0 Å². The first-order valence-electron chi connectivity index (χ1n) is 20.5. The van der Waals surface area contributed by atoms with Gasteiger partial charge in [-0.25, -0.2) is 19.6 Å². The van der Waals surface area contributed by atoms with Gasteiger partial charge in [0.05, 0.1) is 50.1 Å². The van der Waals surface area contributed by atoms with E-state index < -0.39 is 24.3 Å². The molecule has 0 aliphatic carbocycles. The highest BCUT2D eigenvalue weighted by Crippen LogP contribution is 2.35. The molecule has 2 saturated heterocycles. The minimum absolute atomic E-state index is 0.110. The van der Waals surface area contributed by atoms with Crippen LogP contribution in [0.15, 0.2) is 85.2 Å². The fraction of sp³-hybridized carbons (Fsp3) is 0.378. The average Bonchev–Trinajstić information content (AvgIpc) is 4.12. The molecule has 2 aliphatic rings. The summed E-state index contributed by atoms with van der Waals surface area (Å²) in [5.41, 5.74) is 13.4. The van der Waals surface area contributed by atoms with Crippen molar-refractivity contribution >= 4 is 24.0 Å². The summed E-state index contributed by atoms with van der Waals surface area (Å²) in [7, 11) is 2.57. The molecule has 15 nitrogen and oxygen atoms in total. The summed E-state index contributed by atoms with van der Waals surface area (Å²) in [5.74, 6) is 0.972. The van der Waals surface area contributed by atoms with E-state index in [9.17, 15) is 19.2 Å². The molecule has 2 aliphatic heterocycles. The molecule has 7 rings (SSSR count). The number of alkyl carbamates (subject to hydrolysis) is 2. The van der Waals surface area contributed by atoms with E-state index >= 15 is 0 Å². The molecule has 60 heavy (non-hydrogen) atoms. The van der Waals surface area contributed by atoms with Gasteiger partial charge in [0.2, 0.25) is 11.8 Å². The molecule has 5 aromatic rings. The normalized spacial score (nSPS) is 17.4. The maximum atomic E-state index is 14.0. The predicted octanol–water partition coefficient (Wildman–Crippen LogP) is 6.27. The van der Waals surface area contributed by atoms with Gasteiger partial charge in [-0.2, -0.15) is 0 Å². The Morgan fingerprint density at radius 1 is 0.683 bits per heavy atom. The molecular weight excluding hydrogens is 763 g/mol. The third-order valence-corrected chi connectivity index (χ3v) is 11.5. The molecule has 4 atom stereocenters. The van der Waals surface area contributed by atoms with Crippen molar-refractivity contribution in [2.75, 3.05) is 27.3 Å². The van der Waals surface area contributed by atoms with Crippen molar-refractivity contribution in [2.45, 2.75) is 76.7 Å². The number of ether oxygens (including phenoxy) is 2. The fourth-order valence-electron chi connectivity index (χ4n) is 8.15. The largest absolute Gasteiger partial charge is 0.453 e. The first-order chi connectivity index (χ1) is 29.1. The molecular formula is C45H53N9O6. The minimum Gasteiger partial charge on any atom is -0.453 e. The van der Waals surface area contributed by atoms with Crippen LogP contribution in [-0.2, 0) is 32.0 Å². The van der Waals surface area contributed by atoms with Crippen LogP contribution in [0.1, 0.15) is 74.4 Å². The molecule has 4 amide bonds. The number of rotatable bonds is 13. The van der Waals surface area contributed by atoms with Gasteiger partial charge in [-0.15, -0.1) is 0 Å². The van der Waals surface area contributed by atoms with E-state index in [1.807, 2.05) is 62.4 Å². The number of aromatic amines is 2. The molecule has 0 unspecified atom stereocenters. The lowest BCUT2D eigenvalue weighted by atomic mass is 10.0. The van der Waals surface area contributed by atoms with E-state index in [1.165, 1.54) is 14.2 Å². The zero-order valence-electron chi connectivity index (χ0n) is 34.4. The van der Waals surface area contributed by atoms with Gasteiger partial charge in [-0.3, -0.25) is 9.59 Å². The third-order valence-electron chi connectivity index (χ3n) is 11.5. The number of carbonyl (C=O) groups excluding carboxylic acids is 4. The summed E-state index contributed by atoms with van der Waals surface area (Å²) in [6, 6.07) is 22.2. The second kappa shape index (κ2) is 18.6. The number of nitrogens with one attached hydrogen (secondary N) is 4. The van der Waals surface area contributed by atoms with Crippen molar-refractivity contribution in [3.63, 3.8) is 0 Å². The van der Waals surface area contributed by atoms with Crippen LogP contribution in [0, 0.1) is 5.92 Å². The number of aromatic nitrogens is 4. The monoisotopic (exact) mass is 815 g/mol. The summed E-state index contributed by atoms with van der Waals surface area (Å²) in [6.45, 7) is 5.36. The summed E-state index contributed by atoms with van der Waals surface area (Å²) in [6.07, 6.45) is 5.80. The quantitative estimate of drug-likeness (QED) is 0.0909. The SMILES string of the molecule is COC(=O)N[C@@H](Cc1ccc(CN)cc1)C(=O)N1CCC[C@H]1c1ncc(-c2ccc(-c3ccc(-c4cnc([C@@H]5CCCN5C(=O)[C@@H](NC(=O)OC)C(C)C)[nH]4)cc3)cc2)[nH]1. The Labute approximate surface area is 349 Å². The van der Waals surface area contributed by atoms with Crippen molar-refractivity contribution in [3.05, 3.63) is 108 Å². The number of imidazole rings is 2. The Hall–Kier alpha value is -6.48. The van der Waals surface area contributed by atoms with Gasteiger partial charge in [-0.05, 0) is 65.0 Å². The van der Waals surface area contributed by atoms with Crippen molar-refractivity contribution in [1.29, 1.82) is 0 Å². The summed E-state index contributed by atoms with van der Waals surface area (Å²) in [5, 5.41) is 5.44. The number of nitrogens with zero attached hydrogens (tertiary/aromatic N) is 4. The lowest BCUT2D eigenvalue weighted by Gasteiger charge is -2.30. The van der Waals surface area contributed by atoms with E-state index in [0.29, 0.717) is 31.9 Å². The Morgan fingerprint density at radius 2 is 1.13 bits per heavy atom. The first kappa shape index (κ1) is 41.7. The Morgan fingerprint density at radius 3 is 1.60 bits per heavy atom. The highest BCUT2D eigenvalue weighted by Gasteiger charge is 2.38. The molecule has 0 saturated carbocycles. The second-order valence-electron chi connectivity index (χ2n) is 15.7. The topological polar surface area (TPSA) is 201 Å². The van der Waals surface area contributed by atoms with Gasteiger partial charge in [0.1, 0.15) is 23.7 Å². The van der Waals surface area contributed by atoms with Crippen LogP contribution < -0.4 is 16.4 Å². The Bertz CT molecular complexity index is 2270. The molecule has 3 aromatic carbocycles. The maximum absolute atomic E-state index is 14.0. The van der Waals surface area contributed by atoms with Gasteiger partial charge in [0, 0.05) is 26.1 Å². The molecule has 0 bridgehead atoms. The Kier molecular flexibility index (Phi) is 12.9. The summed E-state index contributed by atoms with van der Waals surface area (Å²) < 4.78 is 9.62. The number of H-pyrrole nitrogens is 2. The van der Waals surface area contributed by atoms with Gasteiger partial charge in [0.15, 0.2) is 0 Å². The van der Waals surface area contributed by atoms with Crippen molar-refractivity contribution in [2.24, 2.45) is 11.7 Å². The highest BCUT2D eigenvalue weighted by molar-refractivity contribution is 5.87. The Balaban J connectivity index is 0.998. The smallest absolute Gasteiger partial charge is 0.407 e. The molecule has 2 aromatic heterocycles. The molecule has 0 spiro atoms. The molecule has 2 fully saturated rings. The van der Waals surface area contributed by atoms with Crippen LogP contribution >= 0.6 is 0 Å². The van der Waals surface area contributed by atoms with Crippen LogP contribution in [0.5, 0.6) is 0 Å². The van der Waals surface area contributed by atoms with E-state index in [2.05, 4.69) is 49.9 Å². The molecule has 4 heterocycles. The van der Waals surface area contributed by atoms with Gasteiger partial charge >= 0.3 is 12.2 Å². The standard InChI is InChI=1S/C45H53N9O6/c1-27(2)39(52-45(58)60-4)43(56)54-22-6-8-38(54)41-48-26-36(50-41)33-19-15-31(16-20-33)30-13-17-32(18-14-30)35-25-47-40(49-35)37-7-5-21-53(37)42(55)34(51-44(57)59-3)23-28-9-11-29(24-46)12-10-28/h9-20,25-27,34,37-39H,5-8,21-24,46H2,1-4H3,(H,47,49)(H,48,50)(H,51,57)(H,52,58)/t34-,37-,38-,39-/m0/s1. The molecule has 15 heteroatoms. The minimum atomic E-state index is -0.809. The third kappa shape index (κ3) is 9.20. The summed E-state index contributed by atoms with van der Waals surface area (Å²) in [4.78, 5) is 71.7. The zero-order chi connectivity index (χ0) is 42.3. The average molecular weight is 816 g/mol. The molecule has 0 radical (unpaired) electrons. The lowest BCUT2D eigenvalue weighted by Crippen LogP contribution is -2.51. The van der Waals surface area contributed by atoms with Crippen molar-refractivity contribution in [1.82, 2.24) is 40.4 Å². The lowest BCUT2D eigenvalue weighted by molar-refractivity contribution is -0.135. The number of benzene rings is 3. The number of amides is 4. The van der Waals surface area contributed by atoms with Crippen molar-refractivity contribution < 1.29 is 28.7 Å². The first-order valence-corrected chi connectivity index (χ1v) is 20.5. The summed E-state index contributed by atoms with van der Waals surface area (Å²) >= 11 is 0. The van der Waals surface area contributed by atoms with Crippen LogP contribution in [0.25, 0.3) is 33.6 Å². The van der Waals surface area contributed by atoms with Crippen LogP contribution in [0.2, 0.25) is 0 Å². The van der Waals surface area contributed by atoms with E-state index in [4.69, 9.17) is 20.2 Å². The van der Waals surface area contributed by atoms with Gasteiger partial charge < -0.3 is 45.6 Å². The molecule has 314 valence electrons. The fourth-order valence-corrected chi connectivity index (χ4v) is 8.15. The molecule has 6 N–H and O–H groups in total. The van der Waals surface area contributed by atoms with E-state index in [-0.39, 0.29) is 29.8 Å². The van der Waals surface area contributed by atoms with E-state index in [0.717, 1.165) is 76.3 Å². The number of methoxy groups -OCH3 is 2. The highest BCUT2D eigenvalue weighted by atomic mass is 16.5. The number of likely N-dealkylation sites (tertiary alicyclic amines) is 2. The van der Waals surface area contributed by atoms with Crippen LogP contribution in [0.4, 0.5) is 9.59 Å². The maximum Gasteiger partial charge on any atom is 0.407 e.